The van der Waals surface area contributed by atoms with Crippen LogP contribution in [0.3, 0.4) is 0 Å². The van der Waals surface area contributed by atoms with E-state index in [0.717, 1.165) is 11.4 Å². The Morgan fingerprint density at radius 1 is 1.05 bits per heavy atom. The summed E-state index contributed by atoms with van der Waals surface area (Å²) >= 11 is 5.93. The van der Waals surface area contributed by atoms with Crippen LogP contribution in [0.5, 0.6) is 0 Å². The predicted octanol–water partition coefficient (Wildman–Crippen LogP) is 3.55. The van der Waals surface area contributed by atoms with Crippen molar-refractivity contribution in [2.75, 3.05) is 0 Å². The van der Waals surface area contributed by atoms with Crippen molar-refractivity contribution in [2.24, 2.45) is 0 Å². The summed E-state index contributed by atoms with van der Waals surface area (Å²) < 4.78 is 0. The van der Waals surface area contributed by atoms with E-state index in [1.807, 2.05) is 42.5 Å². The molecule has 2 atom stereocenters. The van der Waals surface area contributed by atoms with Crippen LogP contribution in [-0.4, -0.2) is 11.9 Å². The van der Waals surface area contributed by atoms with Crippen LogP contribution in [0.2, 0.25) is 5.02 Å². The fourth-order valence-electron chi connectivity index (χ4n) is 2.83. The molecule has 1 N–H and O–H groups in total. The summed E-state index contributed by atoms with van der Waals surface area (Å²) in [7, 11) is 0. The summed E-state index contributed by atoms with van der Waals surface area (Å²) in [5.41, 5.74) is 2.42. The van der Waals surface area contributed by atoms with E-state index < -0.39 is 0 Å². The van der Waals surface area contributed by atoms with Gasteiger partial charge in [0.2, 0.25) is 5.91 Å². The molecule has 0 spiro atoms. The van der Waals surface area contributed by atoms with Crippen LogP contribution >= 0.6 is 11.6 Å². The van der Waals surface area contributed by atoms with Crippen LogP contribution in [-0.2, 0) is 11.2 Å². The molecule has 2 unspecified atom stereocenters. The molecule has 1 heterocycles. The van der Waals surface area contributed by atoms with E-state index in [2.05, 4.69) is 17.4 Å². The minimum absolute atomic E-state index is 0.130. The molecule has 2 nitrogen and oxygen atoms in total. The molecular formula is C17H16ClNO. The van der Waals surface area contributed by atoms with Crippen molar-refractivity contribution in [1.82, 2.24) is 5.32 Å². The number of benzene rings is 2. The molecule has 0 aliphatic carbocycles. The van der Waals surface area contributed by atoms with Crippen LogP contribution in [0.15, 0.2) is 54.6 Å². The van der Waals surface area contributed by atoms with Crippen LogP contribution < -0.4 is 5.32 Å². The predicted molar refractivity (Wildman–Crippen MR) is 80.9 cm³/mol. The van der Waals surface area contributed by atoms with Gasteiger partial charge < -0.3 is 5.32 Å². The Hall–Kier alpha value is -1.80. The SMILES string of the molecule is O=C1CC(c2ccc(Cl)cc2)C(Cc2ccccc2)N1. The maximum Gasteiger partial charge on any atom is 0.220 e. The van der Waals surface area contributed by atoms with Crippen molar-refractivity contribution in [3.8, 4) is 0 Å². The number of carbonyl (C=O) groups is 1. The van der Waals surface area contributed by atoms with Gasteiger partial charge in [0.1, 0.15) is 0 Å². The van der Waals surface area contributed by atoms with Gasteiger partial charge in [0.15, 0.2) is 0 Å². The van der Waals surface area contributed by atoms with Gasteiger partial charge in [-0.25, -0.2) is 0 Å². The topological polar surface area (TPSA) is 29.1 Å². The minimum Gasteiger partial charge on any atom is -0.352 e. The fourth-order valence-corrected chi connectivity index (χ4v) is 2.96. The molecule has 0 saturated carbocycles. The molecule has 1 saturated heterocycles. The first-order valence-corrected chi connectivity index (χ1v) is 7.19. The van der Waals surface area contributed by atoms with E-state index in [1.54, 1.807) is 0 Å². The maximum atomic E-state index is 11.8. The van der Waals surface area contributed by atoms with Crippen LogP contribution in [0.4, 0.5) is 0 Å². The van der Waals surface area contributed by atoms with E-state index in [9.17, 15) is 4.79 Å². The summed E-state index contributed by atoms with van der Waals surface area (Å²) in [5, 5.41) is 3.82. The summed E-state index contributed by atoms with van der Waals surface area (Å²) in [5.74, 6) is 0.353. The lowest BCUT2D eigenvalue weighted by Crippen LogP contribution is -2.30. The average molecular weight is 286 g/mol. The summed E-state index contributed by atoms with van der Waals surface area (Å²) in [6, 6.07) is 18.2. The molecule has 3 rings (SSSR count). The summed E-state index contributed by atoms with van der Waals surface area (Å²) in [4.78, 5) is 11.8. The Labute approximate surface area is 123 Å². The zero-order valence-corrected chi connectivity index (χ0v) is 11.8. The van der Waals surface area contributed by atoms with Crippen LogP contribution in [0.1, 0.15) is 23.5 Å². The first kappa shape index (κ1) is 13.2. The number of rotatable bonds is 3. The van der Waals surface area contributed by atoms with E-state index in [0.29, 0.717) is 6.42 Å². The highest BCUT2D eigenvalue weighted by Gasteiger charge is 2.33. The van der Waals surface area contributed by atoms with E-state index in [1.165, 1.54) is 11.1 Å². The lowest BCUT2D eigenvalue weighted by Gasteiger charge is -2.19. The smallest absolute Gasteiger partial charge is 0.220 e. The fraction of sp³-hybridized carbons (Fsp3) is 0.235. The van der Waals surface area contributed by atoms with Crippen LogP contribution in [0, 0.1) is 0 Å². The standard InChI is InChI=1S/C17H16ClNO/c18-14-8-6-13(7-9-14)15-11-17(20)19-16(15)10-12-4-2-1-3-5-12/h1-9,15-16H,10-11H2,(H,19,20). The quantitative estimate of drug-likeness (QED) is 0.918. The number of halogens is 1. The number of amides is 1. The van der Waals surface area contributed by atoms with Gasteiger partial charge in [0.25, 0.3) is 0 Å². The van der Waals surface area contributed by atoms with Crippen molar-refractivity contribution in [3.05, 3.63) is 70.7 Å². The Morgan fingerprint density at radius 3 is 2.45 bits per heavy atom. The van der Waals surface area contributed by atoms with Gasteiger partial charge >= 0.3 is 0 Å². The first-order chi connectivity index (χ1) is 9.72. The third kappa shape index (κ3) is 2.86. The lowest BCUT2D eigenvalue weighted by atomic mass is 9.88. The average Bonchev–Trinajstić information content (AvgIpc) is 2.81. The molecule has 0 aromatic heterocycles. The van der Waals surface area contributed by atoms with Gasteiger partial charge in [0.05, 0.1) is 0 Å². The Kier molecular flexibility index (Phi) is 3.75. The number of nitrogens with one attached hydrogen (secondary N) is 1. The monoisotopic (exact) mass is 285 g/mol. The Bertz CT molecular complexity index is 594. The van der Waals surface area contributed by atoms with Crippen LogP contribution in [0.25, 0.3) is 0 Å². The maximum absolute atomic E-state index is 11.8. The van der Waals surface area contributed by atoms with E-state index in [4.69, 9.17) is 11.6 Å². The molecule has 1 fully saturated rings. The lowest BCUT2D eigenvalue weighted by molar-refractivity contribution is -0.119. The second-order valence-electron chi connectivity index (χ2n) is 5.23. The molecule has 0 bridgehead atoms. The Balaban J connectivity index is 1.81. The van der Waals surface area contributed by atoms with Crippen molar-refractivity contribution in [3.63, 3.8) is 0 Å². The first-order valence-electron chi connectivity index (χ1n) is 6.81. The van der Waals surface area contributed by atoms with Gasteiger partial charge in [0, 0.05) is 23.4 Å². The van der Waals surface area contributed by atoms with Gasteiger partial charge in [-0.3, -0.25) is 4.79 Å². The van der Waals surface area contributed by atoms with Crippen molar-refractivity contribution in [1.29, 1.82) is 0 Å². The van der Waals surface area contributed by atoms with Gasteiger partial charge in [-0.15, -0.1) is 0 Å². The normalized spacial score (nSPS) is 21.8. The molecule has 20 heavy (non-hydrogen) atoms. The number of hydrogen-bond donors (Lipinski definition) is 1. The number of hydrogen-bond acceptors (Lipinski definition) is 1. The molecule has 102 valence electrons. The summed E-state index contributed by atoms with van der Waals surface area (Å²) in [6.45, 7) is 0. The molecular weight excluding hydrogens is 270 g/mol. The van der Waals surface area contributed by atoms with Gasteiger partial charge in [-0.1, -0.05) is 54.1 Å². The van der Waals surface area contributed by atoms with Gasteiger partial charge in [-0.05, 0) is 29.7 Å². The van der Waals surface area contributed by atoms with Crippen molar-refractivity contribution in [2.45, 2.75) is 24.8 Å². The molecule has 1 aliphatic rings. The molecule has 0 radical (unpaired) electrons. The van der Waals surface area contributed by atoms with E-state index in [-0.39, 0.29) is 17.9 Å². The zero-order chi connectivity index (χ0) is 13.9. The molecule has 3 heteroatoms. The molecule has 1 amide bonds. The second kappa shape index (κ2) is 5.68. The highest BCUT2D eigenvalue weighted by molar-refractivity contribution is 6.30. The number of carbonyl (C=O) groups excluding carboxylic acids is 1. The van der Waals surface area contributed by atoms with E-state index >= 15 is 0 Å². The summed E-state index contributed by atoms with van der Waals surface area (Å²) in [6.07, 6.45) is 1.42. The molecule has 1 aliphatic heterocycles. The largest absolute Gasteiger partial charge is 0.352 e. The third-order valence-corrected chi connectivity index (χ3v) is 4.09. The molecule has 2 aromatic carbocycles. The second-order valence-corrected chi connectivity index (χ2v) is 5.66. The zero-order valence-electron chi connectivity index (χ0n) is 11.1. The van der Waals surface area contributed by atoms with Crippen molar-refractivity contribution >= 4 is 17.5 Å². The third-order valence-electron chi connectivity index (χ3n) is 3.83. The Morgan fingerprint density at radius 2 is 1.75 bits per heavy atom. The highest BCUT2D eigenvalue weighted by Crippen LogP contribution is 2.31. The molecule has 2 aromatic rings. The highest BCUT2D eigenvalue weighted by atomic mass is 35.5. The van der Waals surface area contributed by atoms with Crippen molar-refractivity contribution < 1.29 is 4.79 Å². The minimum atomic E-state index is 0.130. The van der Waals surface area contributed by atoms with Gasteiger partial charge in [-0.2, -0.15) is 0 Å².